The van der Waals surface area contributed by atoms with Gasteiger partial charge in [-0.25, -0.2) is 4.98 Å². The molecule has 5 nitrogen and oxygen atoms in total. The summed E-state index contributed by atoms with van der Waals surface area (Å²) in [7, 11) is 0. The summed E-state index contributed by atoms with van der Waals surface area (Å²) in [5.74, 6) is 0.487. The first-order valence-corrected chi connectivity index (χ1v) is 5.23. The van der Waals surface area contributed by atoms with Crippen LogP contribution in [-0.4, -0.2) is 19.7 Å². The summed E-state index contributed by atoms with van der Waals surface area (Å²) in [6.07, 6.45) is 5.41. The Bertz CT molecular complexity index is 624. The van der Waals surface area contributed by atoms with Crippen molar-refractivity contribution in [2.24, 2.45) is 0 Å². The molecule has 1 aromatic carbocycles. The van der Waals surface area contributed by atoms with Crippen LogP contribution in [0, 0.1) is 0 Å². The Labute approximate surface area is 97.9 Å². The quantitative estimate of drug-likeness (QED) is 0.699. The van der Waals surface area contributed by atoms with Crippen molar-refractivity contribution in [3.05, 3.63) is 49.1 Å². The fourth-order valence-electron chi connectivity index (χ4n) is 1.80. The predicted molar refractivity (Wildman–Crippen MR) is 65.6 cm³/mol. The molecule has 0 aliphatic heterocycles. The standard InChI is InChI=1S/C12H11N5/c13-12-7-10(15-16-12)9-3-1-2-4-11(9)17-6-5-14-8-17/h1-8H,(H3,13,15,16). The van der Waals surface area contributed by atoms with Gasteiger partial charge >= 0.3 is 0 Å². The van der Waals surface area contributed by atoms with Crippen molar-refractivity contribution in [3.8, 4) is 16.9 Å². The molecule has 17 heavy (non-hydrogen) atoms. The number of anilines is 1. The summed E-state index contributed by atoms with van der Waals surface area (Å²) in [4.78, 5) is 4.05. The zero-order valence-electron chi connectivity index (χ0n) is 9.04. The van der Waals surface area contributed by atoms with Gasteiger partial charge in [0.15, 0.2) is 0 Å². The summed E-state index contributed by atoms with van der Waals surface area (Å²) in [6.45, 7) is 0. The lowest BCUT2D eigenvalue weighted by Gasteiger charge is -2.07. The summed E-state index contributed by atoms with van der Waals surface area (Å²) in [5.41, 5.74) is 8.59. The second kappa shape index (κ2) is 3.79. The van der Waals surface area contributed by atoms with Crippen LogP contribution >= 0.6 is 0 Å². The van der Waals surface area contributed by atoms with Gasteiger partial charge in [0.05, 0.1) is 17.7 Å². The van der Waals surface area contributed by atoms with Crippen molar-refractivity contribution in [2.45, 2.75) is 0 Å². The molecule has 5 heteroatoms. The van der Waals surface area contributed by atoms with Crippen LogP contribution in [0.25, 0.3) is 16.9 Å². The molecule has 2 aromatic heterocycles. The van der Waals surface area contributed by atoms with E-state index in [9.17, 15) is 0 Å². The Morgan fingerprint density at radius 2 is 2.12 bits per heavy atom. The van der Waals surface area contributed by atoms with Crippen LogP contribution in [0.4, 0.5) is 5.82 Å². The fourth-order valence-corrected chi connectivity index (χ4v) is 1.80. The highest BCUT2D eigenvalue weighted by Crippen LogP contribution is 2.25. The van der Waals surface area contributed by atoms with Crippen LogP contribution in [0.1, 0.15) is 0 Å². The van der Waals surface area contributed by atoms with E-state index in [1.54, 1.807) is 12.5 Å². The molecule has 0 atom stereocenters. The monoisotopic (exact) mass is 225 g/mol. The Hall–Kier alpha value is -2.56. The minimum Gasteiger partial charge on any atom is -0.382 e. The van der Waals surface area contributed by atoms with Crippen LogP contribution in [-0.2, 0) is 0 Å². The normalized spacial score (nSPS) is 10.6. The smallest absolute Gasteiger partial charge is 0.145 e. The van der Waals surface area contributed by atoms with Gasteiger partial charge in [0, 0.05) is 24.0 Å². The number of aromatic amines is 1. The molecule has 0 saturated heterocycles. The Morgan fingerprint density at radius 1 is 1.24 bits per heavy atom. The lowest BCUT2D eigenvalue weighted by atomic mass is 10.1. The molecule has 0 unspecified atom stereocenters. The summed E-state index contributed by atoms with van der Waals surface area (Å²) in [6, 6.07) is 9.82. The van der Waals surface area contributed by atoms with Gasteiger partial charge in [-0.3, -0.25) is 5.10 Å². The van der Waals surface area contributed by atoms with Gasteiger partial charge in [0.2, 0.25) is 0 Å². The Kier molecular flexibility index (Phi) is 2.15. The molecule has 0 aliphatic carbocycles. The number of nitrogen functional groups attached to an aromatic ring is 1. The maximum absolute atomic E-state index is 5.62. The number of nitrogens with zero attached hydrogens (tertiary/aromatic N) is 3. The van der Waals surface area contributed by atoms with E-state index < -0.39 is 0 Å². The number of rotatable bonds is 2. The number of benzene rings is 1. The first-order valence-electron chi connectivity index (χ1n) is 5.23. The Morgan fingerprint density at radius 3 is 2.82 bits per heavy atom. The van der Waals surface area contributed by atoms with E-state index >= 15 is 0 Å². The molecule has 0 spiro atoms. The second-order valence-electron chi connectivity index (χ2n) is 3.69. The highest BCUT2D eigenvalue weighted by molar-refractivity contribution is 5.71. The van der Waals surface area contributed by atoms with E-state index in [1.807, 2.05) is 41.1 Å². The van der Waals surface area contributed by atoms with E-state index in [1.165, 1.54) is 0 Å². The number of hydrogen-bond acceptors (Lipinski definition) is 3. The van der Waals surface area contributed by atoms with Crippen molar-refractivity contribution >= 4 is 5.82 Å². The van der Waals surface area contributed by atoms with Crippen molar-refractivity contribution in [1.82, 2.24) is 19.7 Å². The molecule has 0 radical (unpaired) electrons. The van der Waals surface area contributed by atoms with E-state index in [0.29, 0.717) is 5.82 Å². The fraction of sp³-hybridized carbons (Fsp3) is 0. The molecule has 3 aromatic rings. The molecular weight excluding hydrogens is 214 g/mol. The summed E-state index contributed by atoms with van der Waals surface area (Å²) in [5, 5.41) is 6.86. The molecule has 3 N–H and O–H groups in total. The van der Waals surface area contributed by atoms with Crippen LogP contribution in [0.2, 0.25) is 0 Å². The molecule has 2 heterocycles. The molecule has 3 rings (SSSR count). The molecule has 0 amide bonds. The highest BCUT2D eigenvalue weighted by atomic mass is 15.2. The predicted octanol–water partition coefficient (Wildman–Crippen LogP) is 1.84. The van der Waals surface area contributed by atoms with Gasteiger partial charge in [-0.05, 0) is 6.07 Å². The van der Waals surface area contributed by atoms with Crippen LogP contribution in [0.3, 0.4) is 0 Å². The van der Waals surface area contributed by atoms with Crippen molar-refractivity contribution in [2.75, 3.05) is 5.73 Å². The van der Waals surface area contributed by atoms with Gasteiger partial charge in [-0.15, -0.1) is 0 Å². The van der Waals surface area contributed by atoms with Gasteiger partial charge < -0.3 is 10.3 Å². The van der Waals surface area contributed by atoms with Gasteiger partial charge in [-0.1, -0.05) is 18.2 Å². The maximum atomic E-state index is 5.62. The largest absolute Gasteiger partial charge is 0.382 e. The number of H-pyrrole nitrogens is 1. The second-order valence-corrected chi connectivity index (χ2v) is 3.69. The van der Waals surface area contributed by atoms with Crippen LogP contribution in [0.5, 0.6) is 0 Å². The minimum absolute atomic E-state index is 0.487. The molecule has 0 saturated carbocycles. The number of nitrogens with two attached hydrogens (primary N) is 1. The van der Waals surface area contributed by atoms with Crippen molar-refractivity contribution in [1.29, 1.82) is 0 Å². The lowest BCUT2D eigenvalue weighted by molar-refractivity contribution is 1.05. The highest BCUT2D eigenvalue weighted by Gasteiger charge is 2.08. The van der Waals surface area contributed by atoms with Gasteiger partial charge in [-0.2, -0.15) is 5.10 Å². The van der Waals surface area contributed by atoms with E-state index in [4.69, 9.17) is 5.73 Å². The number of para-hydroxylation sites is 1. The first-order chi connectivity index (χ1) is 8.34. The van der Waals surface area contributed by atoms with Gasteiger partial charge in [0.1, 0.15) is 5.82 Å². The average molecular weight is 225 g/mol. The maximum Gasteiger partial charge on any atom is 0.145 e. The Balaban J connectivity index is 2.17. The van der Waals surface area contributed by atoms with Crippen LogP contribution < -0.4 is 5.73 Å². The third kappa shape index (κ3) is 1.67. The first kappa shape index (κ1) is 9.65. The average Bonchev–Trinajstić information content (AvgIpc) is 3.00. The van der Waals surface area contributed by atoms with Gasteiger partial charge in [0.25, 0.3) is 0 Å². The lowest BCUT2D eigenvalue weighted by Crippen LogP contribution is -1.93. The summed E-state index contributed by atoms with van der Waals surface area (Å²) < 4.78 is 1.95. The van der Waals surface area contributed by atoms with Crippen molar-refractivity contribution < 1.29 is 0 Å². The van der Waals surface area contributed by atoms with Crippen LogP contribution in [0.15, 0.2) is 49.1 Å². The zero-order valence-corrected chi connectivity index (χ0v) is 9.04. The topological polar surface area (TPSA) is 72.5 Å². The van der Waals surface area contributed by atoms with Crippen molar-refractivity contribution in [3.63, 3.8) is 0 Å². The molecule has 84 valence electrons. The minimum atomic E-state index is 0.487. The SMILES string of the molecule is Nc1cc(-c2ccccc2-n2ccnc2)[nH]n1. The third-order valence-corrected chi connectivity index (χ3v) is 2.57. The number of nitrogens with one attached hydrogen (secondary N) is 1. The van der Waals surface area contributed by atoms with E-state index in [0.717, 1.165) is 16.9 Å². The molecular formula is C12H11N5. The molecule has 0 fully saturated rings. The third-order valence-electron chi connectivity index (χ3n) is 2.57. The molecule has 0 bridgehead atoms. The molecule has 0 aliphatic rings. The van der Waals surface area contributed by atoms with E-state index in [2.05, 4.69) is 15.2 Å². The number of hydrogen-bond donors (Lipinski definition) is 2. The van der Waals surface area contributed by atoms with E-state index in [-0.39, 0.29) is 0 Å². The summed E-state index contributed by atoms with van der Waals surface area (Å²) >= 11 is 0. The number of imidazole rings is 1. The number of aromatic nitrogens is 4. The zero-order chi connectivity index (χ0) is 11.7.